The van der Waals surface area contributed by atoms with Crippen LogP contribution in [0, 0.1) is 11.3 Å². The lowest BCUT2D eigenvalue weighted by atomic mass is 9.52. The van der Waals surface area contributed by atoms with Gasteiger partial charge >= 0.3 is 0 Å². The first-order valence-corrected chi connectivity index (χ1v) is 7.74. The van der Waals surface area contributed by atoms with Gasteiger partial charge in [0, 0.05) is 12.0 Å². The molecule has 1 heteroatoms. The van der Waals surface area contributed by atoms with Gasteiger partial charge in [0.15, 0.2) is 0 Å². The molecular formula is C18H29N. The van der Waals surface area contributed by atoms with Crippen molar-refractivity contribution in [1.82, 2.24) is 5.32 Å². The van der Waals surface area contributed by atoms with E-state index >= 15 is 0 Å². The molecule has 0 saturated heterocycles. The lowest BCUT2D eigenvalue weighted by Gasteiger charge is -2.53. The fourth-order valence-corrected chi connectivity index (χ4v) is 3.27. The smallest absolute Gasteiger partial charge is 0.00834 e. The number of benzene rings is 1. The van der Waals surface area contributed by atoms with Gasteiger partial charge in [0.1, 0.15) is 0 Å². The van der Waals surface area contributed by atoms with Gasteiger partial charge in [-0.3, -0.25) is 0 Å². The normalized spacial score (nSPS) is 27.1. The summed E-state index contributed by atoms with van der Waals surface area (Å²) in [5.41, 5.74) is 2.36. The molecule has 0 spiro atoms. The summed E-state index contributed by atoms with van der Waals surface area (Å²) in [6, 6.07) is 11.1. The molecule has 0 bridgehead atoms. The van der Waals surface area contributed by atoms with Gasteiger partial charge in [-0.25, -0.2) is 0 Å². The Kier molecular flexibility index (Phi) is 4.35. The fourth-order valence-electron chi connectivity index (χ4n) is 3.27. The summed E-state index contributed by atoms with van der Waals surface area (Å²) in [5, 5.41) is 3.65. The van der Waals surface area contributed by atoms with Crippen LogP contribution >= 0.6 is 0 Å². The molecule has 1 aromatic rings. The Bertz CT molecular complexity index is 382. The number of hydrogen-bond donors (Lipinski definition) is 1. The molecule has 1 N–H and O–H groups in total. The maximum Gasteiger partial charge on any atom is 0.00834 e. The van der Waals surface area contributed by atoms with E-state index in [2.05, 4.69) is 63.3 Å². The highest BCUT2D eigenvalue weighted by atomic mass is 14.9. The predicted octanol–water partition coefficient (Wildman–Crippen LogP) is 4.38. The quantitative estimate of drug-likeness (QED) is 0.774. The second-order valence-electron chi connectivity index (χ2n) is 7.29. The van der Waals surface area contributed by atoms with Crippen LogP contribution in [0.5, 0.6) is 0 Å². The minimum absolute atomic E-state index is 0.383. The first kappa shape index (κ1) is 14.6. The molecule has 1 fully saturated rings. The molecule has 1 aliphatic rings. The molecule has 106 valence electrons. The topological polar surface area (TPSA) is 12.0 Å². The zero-order valence-corrected chi connectivity index (χ0v) is 13.0. The molecule has 0 radical (unpaired) electrons. The van der Waals surface area contributed by atoms with Crippen molar-refractivity contribution >= 4 is 0 Å². The van der Waals surface area contributed by atoms with Crippen molar-refractivity contribution in [1.29, 1.82) is 0 Å². The third kappa shape index (κ3) is 3.20. The van der Waals surface area contributed by atoms with Gasteiger partial charge in [-0.05, 0) is 42.7 Å². The predicted molar refractivity (Wildman–Crippen MR) is 83.5 cm³/mol. The molecule has 0 unspecified atom stereocenters. The van der Waals surface area contributed by atoms with Crippen LogP contribution in [0.2, 0.25) is 0 Å². The summed E-state index contributed by atoms with van der Waals surface area (Å²) in [4.78, 5) is 0. The maximum absolute atomic E-state index is 3.65. The Labute approximate surface area is 118 Å². The fraction of sp³-hybridized carbons (Fsp3) is 0.667. The largest absolute Gasteiger partial charge is 0.316 e. The van der Waals surface area contributed by atoms with Gasteiger partial charge in [-0.15, -0.1) is 0 Å². The van der Waals surface area contributed by atoms with E-state index in [4.69, 9.17) is 0 Å². The van der Waals surface area contributed by atoms with Crippen molar-refractivity contribution < 1.29 is 0 Å². The van der Waals surface area contributed by atoms with Crippen LogP contribution in [0.4, 0.5) is 0 Å². The van der Waals surface area contributed by atoms with Crippen molar-refractivity contribution in [2.24, 2.45) is 11.3 Å². The number of nitrogens with one attached hydrogen (secondary N) is 1. The van der Waals surface area contributed by atoms with Crippen LogP contribution in [0.25, 0.3) is 0 Å². The van der Waals surface area contributed by atoms with Crippen LogP contribution in [0.15, 0.2) is 30.3 Å². The first-order valence-electron chi connectivity index (χ1n) is 7.74. The summed E-state index contributed by atoms with van der Waals surface area (Å²) in [6.45, 7) is 11.7. The van der Waals surface area contributed by atoms with Gasteiger partial charge in [0.25, 0.3) is 0 Å². The van der Waals surface area contributed by atoms with E-state index in [-0.39, 0.29) is 0 Å². The highest BCUT2D eigenvalue weighted by Gasteiger charge is 2.48. The van der Waals surface area contributed by atoms with E-state index in [0.29, 0.717) is 10.8 Å². The zero-order chi connectivity index (χ0) is 13.9. The molecule has 1 saturated carbocycles. The van der Waals surface area contributed by atoms with Crippen molar-refractivity contribution in [3.05, 3.63) is 35.9 Å². The lowest BCUT2D eigenvalue weighted by molar-refractivity contribution is 0.0450. The summed E-state index contributed by atoms with van der Waals surface area (Å²) in [6.07, 6.45) is 3.88. The Balaban J connectivity index is 2.09. The summed E-state index contributed by atoms with van der Waals surface area (Å²) in [7, 11) is 0. The Morgan fingerprint density at radius 3 is 2.32 bits per heavy atom. The van der Waals surface area contributed by atoms with E-state index in [1.54, 1.807) is 0 Å². The van der Waals surface area contributed by atoms with E-state index in [9.17, 15) is 0 Å². The number of hydrogen-bond acceptors (Lipinski definition) is 1. The molecular weight excluding hydrogens is 230 g/mol. The van der Waals surface area contributed by atoms with Crippen molar-refractivity contribution in [2.75, 3.05) is 13.1 Å². The first-order chi connectivity index (χ1) is 8.98. The van der Waals surface area contributed by atoms with Gasteiger partial charge in [-0.2, -0.15) is 0 Å². The van der Waals surface area contributed by atoms with Gasteiger partial charge < -0.3 is 5.32 Å². The highest BCUT2D eigenvalue weighted by Crippen LogP contribution is 2.53. The van der Waals surface area contributed by atoms with E-state index in [0.717, 1.165) is 19.0 Å². The van der Waals surface area contributed by atoms with Crippen LogP contribution in [-0.2, 0) is 5.41 Å². The van der Waals surface area contributed by atoms with Crippen LogP contribution in [0.1, 0.15) is 52.5 Å². The Morgan fingerprint density at radius 2 is 1.79 bits per heavy atom. The molecule has 19 heavy (non-hydrogen) atoms. The van der Waals surface area contributed by atoms with Crippen LogP contribution in [0.3, 0.4) is 0 Å². The molecule has 0 aromatic heterocycles. The average Bonchev–Trinajstić information content (AvgIpc) is 2.32. The van der Waals surface area contributed by atoms with E-state index in [1.165, 1.54) is 24.8 Å². The Morgan fingerprint density at radius 1 is 1.16 bits per heavy atom. The van der Waals surface area contributed by atoms with Crippen molar-refractivity contribution in [3.63, 3.8) is 0 Å². The SMILES string of the molecule is CCCNCC1(c2ccccc2)CC(C(C)(C)C)C1. The third-order valence-electron chi connectivity index (χ3n) is 4.78. The van der Waals surface area contributed by atoms with Crippen molar-refractivity contribution in [3.8, 4) is 0 Å². The summed E-state index contributed by atoms with van der Waals surface area (Å²) in [5.74, 6) is 0.858. The monoisotopic (exact) mass is 259 g/mol. The molecule has 2 rings (SSSR count). The minimum atomic E-state index is 0.383. The summed E-state index contributed by atoms with van der Waals surface area (Å²) >= 11 is 0. The molecule has 0 amide bonds. The molecule has 1 aliphatic carbocycles. The highest BCUT2D eigenvalue weighted by molar-refractivity contribution is 5.30. The third-order valence-corrected chi connectivity index (χ3v) is 4.78. The maximum atomic E-state index is 3.65. The van der Waals surface area contributed by atoms with E-state index < -0.39 is 0 Å². The van der Waals surface area contributed by atoms with Crippen LogP contribution in [-0.4, -0.2) is 13.1 Å². The van der Waals surface area contributed by atoms with Crippen molar-refractivity contribution in [2.45, 2.75) is 52.4 Å². The number of rotatable bonds is 5. The van der Waals surface area contributed by atoms with E-state index in [1.807, 2.05) is 0 Å². The average molecular weight is 259 g/mol. The van der Waals surface area contributed by atoms with Gasteiger partial charge in [0.05, 0.1) is 0 Å². The second kappa shape index (κ2) is 5.66. The second-order valence-corrected chi connectivity index (χ2v) is 7.29. The molecule has 1 nitrogen and oxygen atoms in total. The van der Waals surface area contributed by atoms with Crippen LogP contribution < -0.4 is 5.32 Å². The Hall–Kier alpha value is -0.820. The standard InChI is InChI=1S/C18H29N/c1-5-11-19-14-18(15-9-7-6-8-10-15)12-16(13-18)17(2,3)4/h6-10,16,19H,5,11-14H2,1-4H3. The molecule has 1 aromatic carbocycles. The minimum Gasteiger partial charge on any atom is -0.316 e. The molecule has 0 atom stereocenters. The zero-order valence-electron chi connectivity index (χ0n) is 13.0. The van der Waals surface area contributed by atoms with Gasteiger partial charge in [0.2, 0.25) is 0 Å². The summed E-state index contributed by atoms with van der Waals surface area (Å²) < 4.78 is 0. The molecule has 0 heterocycles. The molecule has 0 aliphatic heterocycles. The lowest BCUT2D eigenvalue weighted by Crippen LogP contribution is -2.52. The van der Waals surface area contributed by atoms with Gasteiger partial charge in [-0.1, -0.05) is 58.0 Å².